The molecule has 4 fully saturated rings. The van der Waals surface area contributed by atoms with Crippen LogP contribution in [0.3, 0.4) is 0 Å². The smallest absolute Gasteiger partial charge is 0.335 e. The molecule has 0 saturated carbocycles. The Labute approximate surface area is 546 Å². The van der Waals surface area contributed by atoms with Gasteiger partial charge in [-0.25, -0.2) is 4.79 Å². The first-order chi connectivity index (χ1) is 45.0. The number of hydrogen-bond acceptors (Lipinski definition) is 22. The van der Waals surface area contributed by atoms with Gasteiger partial charge >= 0.3 is 5.97 Å². The van der Waals surface area contributed by atoms with Gasteiger partial charge < -0.3 is 67.5 Å². The standard InChI is InChI=1S/C66H85N9O17S/c1-7-44-29-48-37-68-53-35-57(55(83-5)33-51(53)64(81)73(48)39-44)90-41-46-31-50(32-47(70-46)42-91-58-36-54-52(34-56(58)84-6)65(82)74-40-45(8-2)30-49(74)38-69-54)89-22-19-71-15-17-72(18-16-71)60(77)11-13-66(3,4)93-43-59(76)67-14-21-86-24-26-88-28-27-87-25-23-85-20-12-63(80)92-75-61(78)9-10-62(75)79/h7-8,31-38,48-49H,9-30,39-43H2,1-6H3,(H,67,76)/b44-7+,45-8+/t48-,49?/m0/s1. The van der Waals surface area contributed by atoms with Crippen LogP contribution in [0.2, 0.25) is 0 Å². The molecule has 0 aliphatic carbocycles. The Bertz CT molecular complexity index is 3160. The van der Waals surface area contributed by atoms with Crippen molar-refractivity contribution in [2.45, 2.75) is 103 Å². The van der Waals surface area contributed by atoms with Crippen LogP contribution in [0.1, 0.15) is 105 Å². The maximum atomic E-state index is 13.8. The van der Waals surface area contributed by atoms with Crippen LogP contribution in [-0.2, 0) is 61.0 Å². The van der Waals surface area contributed by atoms with E-state index in [-0.39, 0.29) is 98.5 Å². The molecule has 93 heavy (non-hydrogen) atoms. The number of piperazine rings is 1. The number of imide groups is 1. The van der Waals surface area contributed by atoms with Gasteiger partial charge in [0.05, 0.1) is 125 Å². The molecule has 6 aliphatic heterocycles. The van der Waals surface area contributed by atoms with Crippen LogP contribution in [0.4, 0.5) is 11.4 Å². The lowest BCUT2D eigenvalue weighted by molar-refractivity contribution is -0.198. The number of pyridine rings is 1. The summed E-state index contributed by atoms with van der Waals surface area (Å²) >= 11 is 1.51. The molecule has 1 N–H and O–H groups in total. The Morgan fingerprint density at radius 3 is 1.67 bits per heavy atom. The zero-order valence-corrected chi connectivity index (χ0v) is 54.8. The topological polar surface area (TPSA) is 278 Å². The predicted molar refractivity (Wildman–Crippen MR) is 344 cm³/mol. The average molecular weight is 1310 g/mol. The molecular weight excluding hydrogens is 1220 g/mol. The van der Waals surface area contributed by atoms with Gasteiger partial charge in [0.15, 0.2) is 23.0 Å². The summed E-state index contributed by atoms with van der Waals surface area (Å²) in [6, 6.07) is 10.2. The molecule has 2 aromatic carbocycles. The summed E-state index contributed by atoms with van der Waals surface area (Å²) in [7, 11) is 3.06. The third-order valence-corrected chi connectivity index (χ3v) is 17.9. The fraction of sp³-hybridized carbons (Fsp3) is 0.545. The van der Waals surface area contributed by atoms with Crippen molar-refractivity contribution < 1.29 is 81.0 Å². The van der Waals surface area contributed by atoms with Gasteiger partial charge in [-0.15, -0.1) is 16.8 Å². The molecule has 4 saturated heterocycles. The number of aromatic nitrogens is 1. The molecule has 1 unspecified atom stereocenters. The second-order valence-corrected chi connectivity index (χ2v) is 25.2. The maximum Gasteiger partial charge on any atom is 0.335 e. The van der Waals surface area contributed by atoms with Crippen molar-refractivity contribution in [3.63, 3.8) is 0 Å². The minimum atomic E-state index is -0.724. The number of nitrogens with zero attached hydrogens (tertiary/aromatic N) is 8. The summed E-state index contributed by atoms with van der Waals surface area (Å²) in [5.41, 5.74) is 5.27. The van der Waals surface area contributed by atoms with Crippen LogP contribution in [0, 0.1) is 0 Å². The van der Waals surface area contributed by atoms with E-state index in [1.165, 1.54) is 37.1 Å². The second kappa shape index (κ2) is 33.8. The first-order valence-corrected chi connectivity index (χ1v) is 32.6. The van der Waals surface area contributed by atoms with E-state index in [0.29, 0.717) is 173 Å². The van der Waals surface area contributed by atoms with Crippen LogP contribution in [0.15, 0.2) is 69.7 Å². The Hall–Kier alpha value is -7.95. The number of thioether (sulfide) groups is 1. The van der Waals surface area contributed by atoms with Crippen LogP contribution in [0.25, 0.3) is 0 Å². The van der Waals surface area contributed by atoms with Crippen LogP contribution in [-0.4, -0.2) is 232 Å². The summed E-state index contributed by atoms with van der Waals surface area (Å²) in [5.74, 6) is 0.250. The van der Waals surface area contributed by atoms with E-state index in [4.69, 9.17) is 62.4 Å². The van der Waals surface area contributed by atoms with E-state index in [2.05, 4.69) is 22.4 Å². The summed E-state index contributed by atoms with van der Waals surface area (Å²) < 4.78 is 52.4. The zero-order valence-electron chi connectivity index (χ0n) is 53.9. The fourth-order valence-corrected chi connectivity index (χ4v) is 12.0. The Kier molecular flexibility index (Phi) is 25.2. The van der Waals surface area contributed by atoms with Crippen molar-refractivity contribution in [3.05, 3.63) is 82.2 Å². The van der Waals surface area contributed by atoms with E-state index in [0.717, 1.165) is 12.8 Å². The highest BCUT2D eigenvalue weighted by molar-refractivity contribution is 8.01. The number of carbonyl (C=O) groups is 7. The van der Waals surface area contributed by atoms with Gasteiger partial charge in [-0.05, 0) is 45.2 Å². The molecular formula is C66H85N9O17S. The van der Waals surface area contributed by atoms with Crippen molar-refractivity contribution in [3.8, 4) is 28.7 Å². The molecule has 1 aromatic heterocycles. The maximum absolute atomic E-state index is 13.8. The molecule has 502 valence electrons. The SMILES string of the molecule is C/C=C1\CC2C=Nc3cc(OCc4cc(OCCN5CCN(C(=O)CCC(C)(C)SCC(=O)NCCOCCOCCOCCOCCC(=O)ON6C(=O)CCC6=O)CC5)cc(COc5cc6c(cc5OC)C(=O)N5C/C(=C/C)C[C@H]5C=N6)n4)c(OC)cc3C(=O)N2C1. The minimum absolute atomic E-state index is 0.00447. The number of rotatable bonds is 34. The lowest BCUT2D eigenvalue weighted by Gasteiger charge is -2.35. The van der Waals surface area contributed by atoms with E-state index < -0.39 is 17.8 Å². The molecule has 0 radical (unpaired) electrons. The number of ether oxygens (including phenoxy) is 9. The average Bonchev–Trinajstić information content (AvgIpc) is 1.70. The van der Waals surface area contributed by atoms with Gasteiger partial charge in [-0.3, -0.25) is 48.6 Å². The molecule has 26 nitrogen and oxygen atoms in total. The highest BCUT2D eigenvalue weighted by Crippen LogP contribution is 2.41. The molecule has 7 heterocycles. The van der Waals surface area contributed by atoms with Gasteiger partial charge in [0.2, 0.25) is 11.8 Å². The first kappa shape index (κ1) is 69.4. The van der Waals surface area contributed by atoms with Crippen molar-refractivity contribution in [1.82, 2.24) is 35.0 Å². The number of hydroxylamine groups is 2. The monoisotopic (exact) mass is 1310 g/mol. The van der Waals surface area contributed by atoms with E-state index in [1.807, 2.05) is 67.0 Å². The van der Waals surface area contributed by atoms with Crippen molar-refractivity contribution >= 4 is 77.0 Å². The second-order valence-electron chi connectivity index (χ2n) is 23.5. The van der Waals surface area contributed by atoms with Crippen molar-refractivity contribution in [1.29, 1.82) is 0 Å². The Morgan fingerprint density at radius 1 is 0.634 bits per heavy atom. The fourth-order valence-electron chi connectivity index (χ4n) is 11.1. The summed E-state index contributed by atoms with van der Waals surface area (Å²) in [6.07, 6.45) is 10.2. The van der Waals surface area contributed by atoms with Crippen LogP contribution >= 0.6 is 11.8 Å². The van der Waals surface area contributed by atoms with E-state index >= 15 is 0 Å². The molecule has 27 heteroatoms. The van der Waals surface area contributed by atoms with E-state index in [1.54, 1.807) is 24.3 Å². The number of hydrogen-bond donors (Lipinski definition) is 1. The number of methoxy groups -OCH3 is 2. The molecule has 0 bridgehead atoms. The predicted octanol–water partition coefficient (Wildman–Crippen LogP) is 6.01. The Balaban J connectivity index is 0.687. The number of nitrogens with one attached hydrogen (secondary N) is 1. The molecule has 0 spiro atoms. The summed E-state index contributed by atoms with van der Waals surface area (Å²) in [6.45, 7) is 15.3. The molecule has 9 rings (SSSR count). The third kappa shape index (κ3) is 19.3. The Morgan fingerprint density at radius 2 is 1.15 bits per heavy atom. The first-order valence-electron chi connectivity index (χ1n) is 31.6. The van der Waals surface area contributed by atoms with Gasteiger partial charge in [-0.2, -0.15) is 0 Å². The lowest BCUT2D eigenvalue weighted by Crippen LogP contribution is -2.49. The van der Waals surface area contributed by atoms with Gasteiger partial charge in [0.25, 0.3) is 23.6 Å². The van der Waals surface area contributed by atoms with Gasteiger partial charge in [0, 0.05) is 113 Å². The molecule has 6 aliphatic rings. The molecule has 6 amide bonds. The number of aliphatic imine (C=N–C) groups is 2. The number of allylic oxidation sites excluding steroid dienone is 2. The number of benzene rings is 2. The molecule has 2 atom stereocenters. The number of fused-ring (bicyclic) bond motifs is 4. The quantitative estimate of drug-likeness (QED) is 0.0407. The molecule has 3 aromatic rings. The van der Waals surface area contributed by atoms with Gasteiger partial charge in [0.1, 0.15) is 25.6 Å². The number of carbonyl (C=O) groups excluding carboxylic acids is 7. The number of amides is 6. The van der Waals surface area contributed by atoms with Crippen molar-refractivity contribution in [2.24, 2.45) is 9.98 Å². The zero-order chi connectivity index (χ0) is 65.9. The third-order valence-electron chi connectivity index (χ3n) is 16.6. The summed E-state index contributed by atoms with van der Waals surface area (Å²) in [4.78, 5) is 116. The normalized spacial score (nSPS) is 18.8. The lowest BCUT2D eigenvalue weighted by atomic mass is 10.1. The minimum Gasteiger partial charge on any atom is -0.493 e. The van der Waals surface area contributed by atoms with Crippen LogP contribution < -0.4 is 29.0 Å². The van der Waals surface area contributed by atoms with E-state index in [9.17, 15) is 33.6 Å². The van der Waals surface area contributed by atoms with Crippen LogP contribution in [0.5, 0.6) is 28.7 Å². The van der Waals surface area contributed by atoms with Gasteiger partial charge in [-0.1, -0.05) is 37.1 Å². The highest BCUT2D eigenvalue weighted by atomic mass is 32.2. The highest BCUT2D eigenvalue weighted by Gasteiger charge is 2.37. The summed E-state index contributed by atoms with van der Waals surface area (Å²) in [5, 5.41) is 3.39. The largest absolute Gasteiger partial charge is 0.493 e. The van der Waals surface area contributed by atoms with Crippen molar-refractivity contribution in [2.75, 3.05) is 132 Å².